The first kappa shape index (κ1) is 16.0. The zero-order chi connectivity index (χ0) is 16.0. The molecule has 0 N–H and O–H groups in total. The normalized spacial score (nSPS) is 25.4. The first-order valence-electron chi connectivity index (χ1n) is 7.89. The van der Waals surface area contributed by atoms with E-state index in [4.69, 9.17) is 9.31 Å². The molecule has 6 heteroatoms. The van der Waals surface area contributed by atoms with Crippen molar-refractivity contribution < 1.29 is 13.5 Å². The second-order valence-electron chi connectivity index (χ2n) is 7.16. The quantitative estimate of drug-likeness (QED) is 0.787. The van der Waals surface area contributed by atoms with Crippen molar-refractivity contribution in [1.29, 1.82) is 0 Å². The molecule has 3 rings (SSSR count). The third-order valence-electron chi connectivity index (χ3n) is 4.87. The van der Waals surface area contributed by atoms with Gasteiger partial charge >= 0.3 is 7.12 Å². The molecule has 0 amide bonds. The van der Waals surface area contributed by atoms with Gasteiger partial charge in [0.25, 0.3) is 0 Å². The van der Waals surface area contributed by atoms with E-state index < -0.39 is 9.73 Å². The van der Waals surface area contributed by atoms with E-state index in [1.54, 1.807) is 0 Å². The van der Waals surface area contributed by atoms with E-state index in [0.29, 0.717) is 0 Å². The van der Waals surface area contributed by atoms with Crippen molar-refractivity contribution >= 4 is 28.0 Å². The topological polar surface area (TPSA) is 47.9 Å². The summed E-state index contributed by atoms with van der Waals surface area (Å²) in [5.41, 5.74) is 1.08. The molecular formula is C16H24BNO3S. The van der Waals surface area contributed by atoms with Crippen LogP contribution in [0.15, 0.2) is 28.6 Å². The smallest absolute Gasteiger partial charge is 0.399 e. The van der Waals surface area contributed by atoms with Gasteiger partial charge in [0.1, 0.15) is 0 Å². The molecule has 0 spiro atoms. The third kappa shape index (κ3) is 2.96. The van der Waals surface area contributed by atoms with Crippen LogP contribution < -0.4 is 5.46 Å². The Hall–Kier alpha value is -0.845. The lowest BCUT2D eigenvalue weighted by atomic mass is 9.79. The molecule has 0 unspecified atom stereocenters. The van der Waals surface area contributed by atoms with Crippen LogP contribution in [-0.4, -0.2) is 34.0 Å². The lowest BCUT2D eigenvalue weighted by Gasteiger charge is -2.32. The molecule has 4 nitrogen and oxygen atoms in total. The number of nitrogens with zero attached hydrogens (tertiary/aromatic N) is 1. The SMILES string of the molecule is CC1(C)OB(c2ccc(N=S3(=O)CCCC3)cc2)OC1(C)C. The highest BCUT2D eigenvalue weighted by Crippen LogP contribution is 2.36. The Bertz CT molecular complexity index is 647. The summed E-state index contributed by atoms with van der Waals surface area (Å²) in [5, 5.41) is 0. The first-order chi connectivity index (χ1) is 10.2. The average molecular weight is 321 g/mol. The molecule has 2 aliphatic rings. The molecule has 0 radical (unpaired) electrons. The molecule has 0 aromatic heterocycles. The highest BCUT2D eigenvalue weighted by atomic mass is 32.2. The Balaban J connectivity index is 1.80. The van der Waals surface area contributed by atoms with Crippen LogP contribution in [0.25, 0.3) is 0 Å². The van der Waals surface area contributed by atoms with Gasteiger partial charge in [-0.2, -0.15) is 4.36 Å². The van der Waals surface area contributed by atoms with Crippen LogP contribution in [-0.2, 0) is 19.0 Å². The van der Waals surface area contributed by atoms with Crippen LogP contribution in [0.3, 0.4) is 0 Å². The van der Waals surface area contributed by atoms with E-state index in [2.05, 4.69) is 4.36 Å². The Labute approximate surface area is 133 Å². The molecule has 2 aliphatic heterocycles. The van der Waals surface area contributed by atoms with E-state index in [-0.39, 0.29) is 18.3 Å². The molecular weight excluding hydrogens is 297 g/mol. The molecule has 2 saturated heterocycles. The predicted molar refractivity (Wildman–Crippen MR) is 91.4 cm³/mol. The zero-order valence-electron chi connectivity index (χ0n) is 13.8. The van der Waals surface area contributed by atoms with Crippen molar-refractivity contribution in [3.63, 3.8) is 0 Å². The minimum atomic E-state index is -2.01. The maximum Gasteiger partial charge on any atom is 0.494 e. The number of rotatable bonds is 2. The molecule has 1 aromatic carbocycles. The molecule has 2 fully saturated rings. The summed E-state index contributed by atoms with van der Waals surface area (Å²) in [6.07, 6.45) is 2.04. The molecule has 0 atom stereocenters. The van der Waals surface area contributed by atoms with Gasteiger partial charge in [-0.3, -0.25) is 0 Å². The Morgan fingerprint density at radius 1 is 1.00 bits per heavy atom. The Morgan fingerprint density at radius 2 is 1.50 bits per heavy atom. The van der Waals surface area contributed by atoms with Gasteiger partial charge < -0.3 is 9.31 Å². The Kier molecular flexibility index (Phi) is 3.90. The first-order valence-corrected chi connectivity index (χ1v) is 9.74. The minimum absolute atomic E-state index is 0.339. The highest BCUT2D eigenvalue weighted by Gasteiger charge is 2.51. The molecule has 120 valence electrons. The fourth-order valence-corrected chi connectivity index (χ4v) is 4.92. The van der Waals surface area contributed by atoms with Crippen molar-refractivity contribution in [3.05, 3.63) is 24.3 Å². The van der Waals surface area contributed by atoms with Crippen molar-refractivity contribution in [3.8, 4) is 0 Å². The second kappa shape index (κ2) is 5.36. The fraction of sp³-hybridized carbons (Fsp3) is 0.625. The number of hydrogen-bond acceptors (Lipinski definition) is 4. The van der Waals surface area contributed by atoms with Crippen LogP contribution in [0.1, 0.15) is 40.5 Å². The van der Waals surface area contributed by atoms with E-state index in [9.17, 15) is 4.21 Å². The minimum Gasteiger partial charge on any atom is -0.399 e. The van der Waals surface area contributed by atoms with Gasteiger partial charge in [0.15, 0.2) is 0 Å². The van der Waals surface area contributed by atoms with Gasteiger partial charge in [-0.1, -0.05) is 12.1 Å². The summed E-state index contributed by atoms with van der Waals surface area (Å²) in [4.78, 5) is 0. The standard InChI is InChI=1S/C16H24BNO3S/c1-15(2)16(3,4)21-17(20-15)13-7-9-14(10-8-13)18-22(19)11-5-6-12-22/h7-10H,5-6,11-12H2,1-4H3. The molecule has 2 heterocycles. The van der Waals surface area contributed by atoms with Crippen molar-refractivity contribution in [2.75, 3.05) is 11.5 Å². The largest absolute Gasteiger partial charge is 0.494 e. The summed E-state index contributed by atoms with van der Waals surface area (Å²) < 4.78 is 29.0. The van der Waals surface area contributed by atoms with Crippen LogP contribution in [0.2, 0.25) is 0 Å². The maximum atomic E-state index is 12.5. The maximum absolute atomic E-state index is 12.5. The zero-order valence-corrected chi connectivity index (χ0v) is 14.6. The molecule has 22 heavy (non-hydrogen) atoms. The van der Waals surface area contributed by atoms with Gasteiger partial charge in [-0.15, -0.1) is 0 Å². The monoisotopic (exact) mass is 321 g/mol. The van der Waals surface area contributed by atoms with E-state index in [1.165, 1.54) is 0 Å². The van der Waals surface area contributed by atoms with Crippen LogP contribution in [0, 0.1) is 0 Å². The van der Waals surface area contributed by atoms with Crippen LogP contribution >= 0.6 is 0 Å². The second-order valence-corrected chi connectivity index (χ2v) is 9.70. The van der Waals surface area contributed by atoms with Gasteiger partial charge in [0.05, 0.1) is 26.6 Å². The average Bonchev–Trinajstić information content (AvgIpc) is 2.92. The van der Waals surface area contributed by atoms with Gasteiger partial charge in [-0.25, -0.2) is 4.21 Å². The molecule has 0 aliphatic carbocycles. The number of hydrogen-bond donors (Lipinski definition) is 0. The van der Waals surface area contributed by atoms with Crippen LogP contribution in [0.4, 0.5) is 5.69 Å². The highest BCUT2D eigenvalue weighted by molar-refractivity contribution is 7.93. The van der Waals surface area contributed by atoms with Gasteiger partial charge in [-0.05, 0) is 58.1 Å². The molecule has 1 aromatic rings. The van der Waals surface area contributed by atoms with Gasteiger partial charge in [0, 0.05) is 11.5 Å². The molecule has 0 saturated carbocycles. The fourth-order valence-electron chi connectivity index (χ4n) is 2.71. The lowest BCUT2D eigenvalue weighted by Crippen LogP contribution is -2.41. The van der Waals surface area contributed by atoms with E-state index in [1.807, 2.05) is 52.0 Å². The Morgan fingerprint density at radius 3 is 2.00 bits per heavy atom. The number of benzene rings is 1. The van der Waals surface area contributed by atoms with Gasteiger partial charge in [0.2, 0.25) is 0 Å². The summed E-state index contributed by atoms with van der Waals surface area (Å²) >= 11 is 0. The summed E-state index contributed by atoms with van der Waals surface area (Å²) in [6.45, 7) is 8.17. The summed E-state index contributed by atoms with van der Waals surface area (Å²) in [7, 11) is -2.38. The third-order valence-corrected chi connectivity index (χ3v) is 7.26. The van der Waals surface area contributed by atoms with Crippen LogP contribution in [0.5, 0.6) is 0 Å². The summed E-state index contributed by atoms with van der Waals surface area (Å²) in [5.74, 6) is 1.46. The van der Waals surface area contributed by atoms with E-state index in [0.717, 1.165) is 35.5 Å². The predicted octanol–water partition coefficient (Wildman–Crippen LogP) is 2.88. The van der Waals surface area contributed by atoms with Crippen molar-refractivity contribution in [2.24, 2.45) is 4.36 Å². The van der Waals surface area contributed by atoms with E-state index >= 15 is 0 Å². The lowest BCUT2D eigenvalue weighted by molar-refractivity contribution is 0.00578. The van der Waals surface area contributed by atoms with Crippen molar-refractivity contribution in [1.82, 2.24) is 0 Å². The van der Waals surface area contributed by atoms with Crippen molar-refractivity contribution in [2.45, 2.75) is 51.7 Å². The summed E-state index contributed by atoms with van der Waals surface area (Å²) in [6, 6.07) is 7.73. The molecule has 0 bridgehead atoms.